The number of ether oxygens (including phenoxy) is 1. The first-order chi connectivity index (χ1) is 14.3. The van der Waals surface area contributed by atoms with Crippen LogP contribution in [-0.2, 0) is 24.0 Å². The summed E-state index contributed by atoms with van der Waals surface area (Å²) in [5, 5.41) is 3.10. The molecular weight excluding hydrogens is 364 g/mol. The Kier molecular flexibility index (Phi) is 5.19. The molecule has 1 atom stereocenters. The lowest BCUT2D eigenvalue weighted by atomic mass is 9.94. The van der Waals surface area contributed by atoms with Crippen molar-refractivity contribution in [1.29, 1.82) is 0 Å². The Bertz CT molecular complexity index is 908. The van der Waals surface area contributed by atoms with Gasteiger partial charge in [-0.05, 0) is 56.1 Å². The van der Waals surface area contributed by atoms with Gasteiger partial charge in [-0.3, -0.25) is 4.79 Å². The van der Waals surface area contributed by atoms with Crippen molar-refractivity contribution in [3.63, 3.8) is 0 Å². The fourth-order valence-corrected chi connectivity index (χ4v) is 4.74. The average molecular weight is 393 g/mol. The molecule has 1 saturated heterocycles. The highest BCUT2D eigenvalue weighted by molar-refractivity contribution is 5.94. The molecule has 1 fully saturated rings. The van der Waals surface area contributed by atoms with Crippen LogP contribution in [0, 0.1) is 0 Å². The van der Waals surface area contributed by atoms with Crippen molar-refractivity contribution in [3.05, 3.63) is 52.3 Å². The number of rotatable bonds is 4. The van der Waals surface area contributed by atoms with Crippen molar-refractivity contribution < 1.29 is 9.53 Å². The van der Waals surface area contributed by atoms with Gasteiger partial charge >= 0.3 is 0 Å². The Balaban J connectivity index is 1.37. The Labute approximate surface area is 171 Å². The van der Waals surface area contributed by atoms with E-state index in [0.29, 0.717) is 18.8 Å². The molecule has 1 aromatic carbocycles. The third-order valence-electron chi connectivity index (χ3n) is 6.32. The van der Waals surface area contributed by atoms with Gasteiger partial charge in [-0.25, -0.2) is 9.97 Å². The van der Waals surface area contributed by atoms with E-state index in [0.717, 1.165) is 62.4 Å². The van der Waals surface area contributed by atoms with Crippen LogP contribution in [0.3, 0.4) is 0 Å². The molecule has 0 radical (unpaired) electrons. The predicted octanol–water partition coefficient (Wildman–Crippen LogP) is 3.00. The van der Waals surface area contributed by atoms with E-state index >= 15 is 0 Å². The highest BCUT2D eigenvalue weighted by Gasteiger charge is 2.26. The molecular formula is C23H28N4O2. The number of benzene rings is 1. The normalized spacial score (nSPS) is 20.8. The van der Waals surface area contributed by atoms with E-state index in [4.69, 9.17) is 14.7 Å². The minimum Gasteiger partial charge on any atom is -0.371 e. The van der Waals surface area contributed by atoms with Gasteiger partial charge in [0.1, 0.15) is 11.8 Å². The second-order valence-corrected chi connectivity index (χ2v) is 8.22. The fraction of sp³-hybridized carbons (Fsp3) is 0.522. The van der Waals surface area contributed by atoms with Gasteiger partial charge in [-0.15, -0.1) is 0 Å². The minimum atomic E-state index is -0.0994. The molecule has 1 unspecified atom stereocenters. The number of nitrogens with zero attached hydrogens (tertiary/aromatic N) is 3. The number of aryl methyl sites for hydroxylation is 1. The van der Waals surface area contributed by atoms with Crippen molar-refractivity contribution in [1.82, 2.24) is 15.3 Å². The van der Waals surface area contributed by atoms with Crippen LogP contribution in [0.25, 0.3) is 0 Å². The van der Waals surface area contributed by atoms with Gasteiger partial charge in [0.05, 0.1) is 6.61 Å². The monoisotopic (exact) mass is 392 g/mol. The smallest absolute Gasteiger partial charge is 0.270 e. The first-order valence-corrected chi connectivity index (χ1v) is 10.9. The number of hydrogen-bond donors (Lipinski definition) is 1. The number of nitrogens with one attached hydrogen (secondary N) is 1. The van der Waals surface area contributed by atoms with Crippen molar-refractivity contribution in [2.75, 3.05) is 31.1 Å². The molecule has 3 aliphatic rings. The van der Waals surface area contributed by atoms with Crippen LogP contribution in [0.5, 0.6) is 0 Å². The molecule has 152 valence electrons. The van der Waals surface area contributed by atoms with E-state index in [-0.39, 0.29) is 12.0 Å². The zero-order chi connectivity index (χ0) is 19.6. The summed E-state index contributed by atoms with van der Waals surface area (Å²) in [7, 11) is 0. The zero-order valence-electron chi connectivity index (χ0n) is 16.8. The molecule has 3 heterocycles. The molecule has 6 nitrogen and oxygen atoms in total. The number of amides is 1. The molecule has 0 saturated carbocycles. The predicted molar refractivity (Wildman–Crippen MR) is 111 cm³/mol. The van der Waals surface area contributed by atoms with Crippen LogP contribution in [0.1, 0.15) is 64.7 Å². The highest BCUT2D eigenvalue weighted by atomic mass is 16.5. The first kappa shape index (κ1) is 18.6. The van der Waals surface area contributed by atoms with Crippen molar-refractivity contribution in [3.8, 4) is 0 Å². The molecule has 0 spiro atoms. The number of carbonyl (C=O) groups is 1. The fourth-order valence-electron chi connectivity index (χ4n) is 4.74. The van der Waals surface area contributed by atoms with E-state index in [1.807, 2.05) is 6.07 Å². The molecule has 5 rings (SSSR count). The molecule has 2 aromatic rings. The summed E-state index contributed by atoms with van der Waals surface area (Å²) in [5.74, 6) is 0.630. The van der Waals surface area contributed by atoms with Crippen LogP contribution in [0.15, 0.2) is 24.3 Å². The van der Waals surface area contributed by atoms with Gasteiger partial charge in [0.15, 0.2) is 0 Å². The van der Waals surface area contributed by atoms with E-state index in [1.165, 1.54) is 24.0 Å². The minimum absolute atomic E-state index is 0.0976. The third-order valence-corrected chi connectivity index (χ3v) is 6.32. The number of anilines is 1. The summed E-state index contributed by atoms with van der Waals surface area (Å²) in [4.78, 5) is 24.9. The molecule has 2 aliphatic heterocycles. The Hall–Kier alpha value is -2.47. The van der Waals surface area contributed by atoms with Gasteiger partial charge < -0.3 is 15.0 Å². The lowest BCUT2D eigenvalue weighted by Crippen LogP contribution is -2.34. The quantitative estimate of drug-likeness (QED) is 0.866. The molecule has 6 heteroatoms. The SMILES string of the molecule is O=C(NCC1OCCc2ccccc21)c1nc(N2CCCC2)nc2c1CCCC2. The molecule has 1 aliphatic carbocycles. The van der Waals surface area contributed by atoms with Crippen molar-refractivity contribution in [2.24, 2.45) is 0 Å². The van der Waals surface area contributed by atoms with Crippen LogP contribution in [-0.4, -0.2) is 42.1 Å². The van der Waals surface area contributed by atoms with E-state index in [1.54, 1.807) is 0 Å². The number of carbonyl (C=O) groups excluding carboxylic acids is 1. The van der Waals surface area contributed by atoms with Gasteiger partial charge in [-0.1, -0.05) is 24.3 Å². The van der Waals surface area contributed by atoms with E-state index in [9.17, 15) is 4.79 Å². The summed E-state index contributed by atoms with van der Waals surface area (Å²) in [6.07, 6.45) is 7.23. The Morgan fingerprint density at radius 1 is 1.07 bits per heavy atom. The summed E-state index contributed by atoms with van der Waals surface area (Å²) >= 11 is 0. The Morgan fingerprint density at radius 3 is 2.79 bits per heavy atom. The van der Waals surface area contributed by atoms with E-state index < -0.39 is 0 Å². The van der Waals surface area contributed by atoms with Gasteiger partial charge in [0, 0.05) is 30.9 Å². The molecule has 1 amide bonds. The van der Waals surface area contributed by atoms with E-state index in [2.05, 4.69) is 28.4 Å². The van der Waals surface area contributed by atoms with Gasteiger partial charge in [0.2, 0.25) is 5.95 Å². The maximum atomic E-state index is 13.2. The summed E-state index contributed by atoms with van der Waals surface area (Å²) in [5.41, 5.74) is 5.18. The highest BCUT2D eigenvalue weighted by Crippen LogP contribution is 2.28. The van der Waals surface area contributed by atoms with Crippen LogP contribution in [0.2, 0.25) is 0 Å². The third kappa shape index (κ3) is 3.73. The average Bonchev–Trinajstić information content (AvgIpc) is 3.31. The maximum Gasteiger partial charge on any atom is 0.270 e. The largest absolute Gasteiger partial charge is 0.371 e. The molecule has 1 N–H and O–H groups in total. The zero-order valence-corrected chi connectivity index (χ0v) is 16.8. The second-order valence-electron chi connectivity index (χ2n) is 8.22. The van der Waals surface area contributed by atoms with Crippen molar-refractivity contribution >= 4 is 11.9 Å². The number of aromatic nitrogens is 2. The summed E-state index contributed by atoms with van der Waals surface area (Å²) < 4.78 is 5.95. The first-order valence-electron chi connectivity index (χ1n) is 10.9. The van der Waals surface area contributed by atoms with Gasteiger partial charge in [-0.2, -0.15) is 0 Å². The summed E-state index contributed by atoms with van der Waals surface area (Å²) in [6, 6.07) is 8.34. The molecule has 1 aromatic heterocycles. The summed E-state index contributed by atoms with van der Waals surface area (Å²) in [6.45, 7) is 3.12. The van der Waals surface area contributed by atoms with Crippen LogP contribution < -0.4 is 10.2 Å². The standard InChI is InChI=1S/C23H28N4O2/c28-22(24-15-20-17-8-2-1-7-16(17)11-14-29-20)21-18-9-3-4-10-19(18)25-23(26-21)27-12-5-6-13-27/h1-2,7-8,20H,3-6,9-15H2,(H,24,28). The lowest BCUT2D eigenvalue weighted by Gasteiger charge is -2.26. The van der Waals surface area contributed by atoms with Gasteiger partial charge in [0.25, 0.3) is 5.91 Å². The number of fused-ring (bicyclic) bond motifs is 2. The maximum absolute atomic E-state index is 13.2. The number of hydrogen-bond acceptors (Lipinski definition) is 5. The van der Waals surface area contributed by atoms with Crippen molar-refractivity contribution in [2.45, 2.75) is 51.0 Å². The molecule has 0 bridgehead atoms. The molecule has 29 heavy (non-hydrogen) atoms. The Morgan fingerprint density at radius 2 is 1.90 bits per heavy atom. The van der Waals surface area contributed by atoms with Crippen LogP contribution >= 0.6 is 0 Å². The van der Waals surface area contributed by atoms with Crippen LogP contribution in [0.4, 0.5) is 5.95 Å². The lowest BCUT2D eigenvalue weighted by molar-refractivity contribution is 0.0410. The second kappa shape index (κ2) is 8.11. The topological polar surface area (TPSA) is 67.3 Å².